The van der Waals surface area contributed by atoms with Crippen molar-refractivity contribution >= 4 is 10.8 Å². The molecular weight excluding hydrogens is 249 g/mol. The Kier molecular flexibility index (Phi) is 4.48. The van der Waals surface area contributed by atoms with E-state index < -0.39 is 16.6 Å². The van der Waals surface area contributed by atoms with E-state index in [1.54, 1.807) is 12.1 Å². The average Bonchev–Trinajstić information content (AvgIpc) is 2.42. The summed E-state index contributed by atoms with van der Waals surface area (Å²) in [6, 6.07) is 6.27. The highest BCUT2D eigenvalue weighted by Crippen LogP contribution is 2.24. The molecule has 4 heteroatoms. The predicted octanol–water partition coefficient (Wildman–Crippen LogP) is 3.28. The normalized spacial score (nSPS) is 18.2. The van der Waals surface area contributed by atoms with Gasteiger partial charge in [0.2, 0.25) is 0 Å². The van der Waals surface area contributed by atoms with E-state index in [0.29, 0.717) is 11.1 Å². The van der Waals surface area contributed by atoms with Crippen LogP contribution in [0.1, 0.15) is 43.2 Å². The standard InChI is InChI=1S/C14H16FNOS/c15-14-8-11(9-16)6-7-12(14)10-18(17)13-4-2-1-3-5-13/h6-8,13H,1-5,10H2. The second-order valence-corrected chi connectivity index (χ2v) is 6.42. The van der Waals surface area contributed by atoms with Gasteiger partial charge in [-0.2, -0.15) is 5.26 Å². The second-order valence-electron chi connectivity index (χ2n) is 4.70. The summed E-state index contributed by atoms with van der Waals surface area (Å²) >= 11 is 0. The molecule has 0 amide bonds. The fourth-order valence-electron chi connectivity index (χ4n) is 2.33. The Morgan fingerprint density at radius 2 is 2.06 bits per heavy atom. The van der Waals surface area contributed by atoms with Crippen LogP contribution < -0.4 is 0 Å². The summed E-state index contributed by atoms with van der Waals surface area (Å²) < 4.78 is 25.8. The third kappa shape index (κ3) is 3.17. The van der Waals surface area contributed by atoms with Crippen LogP contribution in [0.15, 0.2) is 18.2 Å². The van der Waals surface area contributed by atoms with Gasteiger partial charge in [-0.25, -0.2) is 4.39 Å². The molecule has 0 N–H and O–H groups in total. The van der Waals surface area contributed by atoms with Crippen molar-refractivity contribution in [3.63, 3.8) is 0 Å². The molecule has 96 valence electrons. The van der Waals surface area contributed by atoms with Gasteiger partial charge in [-0.05, 0) is 25.0 Å². The van der Waals surface area contributed by atoms with Gasteiger partial charge in [0.05, 0.1) is 17.4 Å². The topological polar surface area (TPSA) is 40.9 Å². The summed E-state index contributed by atoms with van der Waals surface area (Å²) in [4.78, 5) is 0. The number of nitrogens with zero attached hydrogens (tertiary/aromatic N) is 1. The third-order valence-corrected chi connectivity index (χ3v) is 5.21. The second kappa shape index (κ2) is 6.10. The van der Waals surface area contributed by atoms with Crippen molar-refractivity contribution in [2.24, 2.45) is 0 Å². The SMILES string of the molecule is N#Cc1ccc(CS(=O)C2CCCCC2)c(F)c1. The minimum Gasteiger partial charge on any atom is -0.259 e. The molecule has 2 rings (SSSR count). The van der Waals surface area contributed by atoms with Gasteiger partial charge in [0.25, 0.3) is 0 Å². The third-order valence-electron chi connectivity index (χ3n) is 3.40. The Morgan fingerprint density at radius 3 is 2.67 bits per heavy atom. The van der Waals surface area contributed by atoms with Gasteiger partial charge in [-0.1, -0.05) is 25.3 Å². The van der Waals surface area contributed by atoms with Crippen LogP contribution in [0.2, 0.25) is 0 Å². The molecule has 0 radical (unpaired) electrons. The van der Waals surface area contributed by atoms with Crippen LogP contribution in [-0.2, 0) is 16.6 Å². The highest BCUT2D eigenvalue weighted by molar-refractivity contribution is 7.84. The van der Waals surface area contributed by atoms with Crippen molar-refractivity contribution in [2.75, 3.05) is 0 Å². The molecule has 0 aliphatic heterocycles. The molecule has 0 saturated heterocycles. The molecule has 1 aliphatic rings. The molecule has 1 aromatic carbocycles. The van der Waals surface area contributed by atoms with Crippen molar-refractivity contribution in [3.8, 4) is 6.07 Å². The van der Waals surface area contributed by atoms with E-state index in [4.69, 9.17) is 5.26 Å². The zero-order valence-electron chi connectivity index (χ0n) is 10.2. The van der Waals surface area contributed by atoms with Crippen molar-refractivity contribution in [1.82, 2.24) is 0 Å². The molecule has 0 heterocycles. The molecule has 1 aliphatic carbocycles. The molecule has 1 fully saturated rings. The Balaban J connectivity index is 2.04. The summed E-state index contributed by atoms with van der Waals surface area (Å²) in [6.07, 6.45) is 5.46. The summed E-state index contributed by atoms with van der Waals surface area (Å²) in [5.41, 5.74) is 0.762. The quantitative estimate of drug-likeness (QED) is 0.841. The lowest BCUT2D eigenvalue weighted by atomic mass is 10.0. The molecular formula is C14H16FNOS. The molecule has 18 heavy (non-hydrogen) atoms. The highest BCUT2D eigenvalue weighted by Gasteiger charge is 2.20. The first-order chi connectivity index (χ1) is 8.70. The monoisotopic (exact) mass is 265 g/mol. The van der Waals surface area contributed by atoms with E-state index in [2.05, 4.69) is 0 Å². The molecule has 0 spiro atoms. The molecule has 1 unspecified atom stereocenters. The lowest BCUT2D eigenvalue weighted by Gasteiger charge is -2.21. The smallest absolute Gasteiger partial charge is 0.128 e. The molecule has 0 bridgehead atoms. The minimum atomic E-state index is -0.999. The fourth-order valence-corrected chi connectivity index (χ4v) is 3.97. The molecule has 2 nitrogen and oxygen atoms in total. The zero-order valence-corrected chi connectivity index (χ0v) is 11.0. The minimum absolute atomic E-state index is 0.216. The van der Waals surface area contributed by atoms with Gasteiger partial charge in [0.15, 0.2) is 0 Å². The summed E-state index contributed by atoms with van der Waals surface area (Å²) in [5.74, 6) is -0.152. The van der Waals surface area contributed by atoms with Crippen molar-refractivity contribution in [3.05, 3.63) is 35.1 Å². The van der Waals surface area contributed by atoms with E-state index in [9.17, 15) is 8.60 Å². The number of benzene rings is 1. The van der Waals surface area contributed by atoms with Gasteiger partial charge in [-0.3, -0.25) is 4.21 Å². The van der Waals surface area contributed by atoms with E-state index in [-0.39, 0.29) is 11.0 Å². The van der Waals surface area contributed by atoms with E-state index in [1.165, 1.54) is 12.5 Å². The molecule has 0 aromatic heterocycles. The first-order valence-electron chi connectivity index (χ1n) is 6.26. The predicted molar refractivity (Wildman–Crippen MR) is 69.8 cm³/mol. The van der Waals surface area contributed by atoms with Crippen molar-refractivity contribution in [2.45, 2.75) is 43.1 Å². The largest absolute Gasteiger partial charge is 0.259 e. The number of hydrogen-bond donors (Lipinski definition) is 0. The molecule has 1 atom stereocenters. The molecule has 1 aromatic rings. The number of halogens is 1. The maximum absolute atomic E-state index is 13.7. The Morgan fingerprint density at radius 1 is 1.33 bits per heavy atom. The Bertz CT molecular complexity index is 489. The summed E-state index contributed by atoms with van der Waals surface area (Å²) in [6.45, 7) is 0. The van der Waals surface area contributed by atoms with Crippen molar-refractivity contribution in [1.29, 1.82) is 5.26 Å². The van der Waals surface area contributed by atoms with Gasteiger partial charge >= 0.3 is 0 Å². The number of rotatable bonds is 3. The summed E-state index contributed by atoms with van der Waals surface area (Å²) in [7, 11) is -0.999. The number of hydrogen-bond acceptors (Lipinski definition) is 2. The maximum Gasteiger partial charge on any atom is 0.128 e. The lowest BCUT2D eigenvalue weighted by molar-refractivity contribution is 0.504. The van der Waals surface area contributed by atoms with Crippen LogP contribution >= 0.6 is 0 Å². The van der Waals surface area contributed by atoms with Gasteiger partial charge in [0, 0.05) is 21.6 Å². The van der Waals surface area contributed by atoms with Crippen molar-refractivity contribution < 1.29 is 8.60 Å². The van der Waals surface area contributed by atoms with E-state index >= 15 is 0 Å². The van der Waals surface area contributed by atoms with Gasteiger partial charge in [-0.15, -0.1) is 0 Å². The zero-order chi connectivity index (χ0) is 13.0. The highest BCUT2D eigenvalue weighted by atomic mass is 32.2. The van der Waals surface area contributed by atoms with Crippen LogP contribution in [-0.4, -0.2) is 9.46 Å². The van der Waals surface area contributed by atoms with Crippen LogP contribution in [0.3, 0.4) is 0 Å². The van der Waals surface area contributed by atoms with Gasteiger partial charge < -0.3 is 0 Å². The maximum atomic E-state index is 13.7. The Hall–Kier alpha value is -1.21. The van der Waals surface area contributed by atoms with E-state index in [0.717, 1.165) is 25.7 Å². The van der Waals surface area contributed by atoms with Crippen LogP contribution in [0.4, 0.5) is 4.39 Å². The van der Waals surface area contributed by atoms with E-state index in [1.807, 2.05) is 6.07 Å². The lowest BCUT2D eigenvalue weighted by Crippen LogP contribution is -2.20. The summed E-state index contributed by atoms with van der Waals surface area (Å²) in [5, 5.41) is 8.88. The first kappa shape index (κ1) is 13.2. The van der Waals surface area contributed by atoms with Crippen LogP contribution in [0.5, 0.6) is 0 Å². The fraction of sp³-hybridized carbons (Fsp3) is 0.500. The Labute approximate surface area is 109 Å². The van der Waals surface area contributed by atoms with Crippen LogP contribution in [0.25, 0.3) is 0 Å². The first-order valence-corrected chi connectivity index (χ1v) is 7.64. The number of nitriles is 1. The van der Waals surface area contributed by atoms with Gasteiger partial charge in [0.1, 0.15) is 5.82 Å². The average molecular weight is 265 g/mol. The van der Waals surface area contributed by atoms with Crippen LogP contribution in [0, 0.1) is 17.1 Å². The molecule has 1 saturated carbocycles.